The van der Waals surface area contributed by atoms with Crippen LogP contribution in [0.15, 0.2) is 48.5 Å². The Kier molecular flexibility index (Phi) is 5.49. The first kappa shape index (κ1) is 16.0. The minimum atomic E-state index is -0.261. The van der Waals surface area contributed by atoms with Gasteiger partial charge in [-0.3, -0.25) is 4.79 Å². The molecule has 4 nitrogen and oxygen atoms in total. The van der Waals surface area contributed by atoms with E-state index in [2.05, 4.69) is 10.6 Å². The van der Waals surface area contributed by atoms with Gasteiger partial charge < -0.3 is 15.5 Å². The van der Waals surface area contributed by atoms with Gasteiger partial charge in [-0.25, -0.2) is 4.39 Å². The Labute approximate surface area is 129 Å². The molecule has 0 atom stereocenters. The Morgan fingerprint density at radius 1 is 1.05 bits per heavy atom. The van der Waals surface area contributed by atoms with Crippen LogP contribution in [0.25, 0.3) is 0 Å². The molecule has 0 aliphatic rings. The fourth-order valence-corrected chi connectivity index (χ4v) is 1.97. The van der Waals surface area contributed by atoms with Crippen molar-refractivity contribution in [3.05, 3.63) is 59.9 Å². The van der Waals surface area contributed by atoms with E-state index in [0.717, 1.165) is 16.9 Å². The van der Waals surface area contributed by atoms with Crippen LogP contribution in [0.2, 0.25) is 0 Å². The number of carbonyl (C=O) groups excluding carboxylic acids is 1. The summed E-state index contributed by atoms with van der Waals surface area (Å²) < 4.78 is 12.8. The van der Waals surface area contributed by atoms with Crippen LogP contribution in [0.5, 0.6) is 0 Å². The molecule has 0 heterocycles. The first-order chi connectivity index (χ1) is 10.5. The second kappa shape index (κ2) is 7.56. The van der Waals surface area contributed by atoms with E-state index in [1.54, 1.807) is 12.1 Å². The van der Waals surface area contributed by atoms with Gasteiger partial charge in [-0.05, 0) is 42.0 Å². The number of benzene rings is 2. The van der Waals surface area contributed by atoms with Crippen molar-refractivity contribution >= 4 is 17.3 Å². The Bertz CT molecular complexity index is 609. The highest BCUT2D eigenvalue weighted by atomic mass is 19.1. The number of hydrogen-bond acceptors (Lipinski definition) is 3. The maximum absolute atomic E-state index is 12.8. The highest BCUT2D eigenvalue weighted by molar-refractivity contribution is 5.92. The summed E-state index contributed by atoms with van der Waals surface area (Å²) in [5, 5.41) is 5.85. The molecule has 0 saturated heterocycles. The summed E-state index contributed by atoms with van der Waals surface area (Å²) in [6.07, 6.45) is 0. The Balaban J connectivity index is 1.76. The Morgan fingerprint density at radius 3 is 2.27 bits per heavy atom. The molecule has 5 heteroatoms. The largest absolute Gasteiger partial charge is 0.378 e. The summed E-state index contributed by atoms with van der Waals surface area (Å²) in [6, 6.07) is 13.8. The molecule has 0 fully saturated rings. The maximum atomic E-state index is 12.8. The van der Waals surface area contributed by atoms with E-state index in [4.69, 9.17) is 0 Å². The van der Waals surface area contributed by atoms with Crippen molar-refractivity contribution in [1.29, 1.82) is 0 Å². The predicted molar refractivity (Wildman–Crippen MR) is 87.5 cm³/mol. The number of carbonyl (C=O) groups is 1. The lowest BCUT2D eigenvalue weighted by atomic mass is 10.2. The van der Waals surface area contributed by atoms with Crippen LogP contribution < -0.4 is 15.5 Å². The van der Waals surface area contributed by atoms with Crippen molar-refractivity contribution in [3.8, 4) is 0 Å². The third kappa shape index (κ3) is 4.86. The average Bonchev–Trinajstić information content (AvgIpc) is 2.50. The van der Waals surface area contributed by atoms with Gasteiger partial charge in [-0.2, -0.15) is 0 Å². The zero-order chi connectivity index (χ0) is 15.9. The van der Waals surface area contributed by atoms with Gasteiger partial charge in [-0.15, -0.1) is 0 Å². The normalized spacial score (nSPS) is 10.3. The molecule has 2 rings (SSSR count). The van der Waals surface area contributed by atoms with Crippen LogP contribution in [-0.2, 0) is 11.3 Å². The van der Waals surface area contributed by atoms with E-state index in [-0.39, 0.29) is 18.3 Å². The second-order valence-electron chi connectivity index (χ2n) is 5.22. The molecule has 22 heavy (non-hydrogen) atoms. The maximum Gasteiger partial charge on any atom is 0.238 e. The number of amides is 1. The van der Waals surface area contributed by atoms with E-state index in [1.807, 2.05) is 43.3 Å². The zero-order valence-electron chi connectivity index (χ0n) is 12.8. The first-order valence-corrected chi connectivity index (χ1v) is 7.07. The number of hydrogen-bond donors (Lipinski definition) is 2. The van der Waals surface area contributed by atoms with Crippen molar-refractivity contribution in [3.63, 3.8) is 0 Å². The molecule has 2 aromatic rings. The van der Waals surface area contributed by atoms with Gasteiger partial charge in [0.1, 0.15) is 5.82 Å². The number of halogens is 1. The quantitative estimate of drug-likeness (QED) is 0.862. The number of rotatable bonds is 6. The van der Waals surface area contributed by atoms with Crippen molar-refractivity contribution in [2.75, 3.05) is 30.9 Å². The summed E-state index contributed by atoms with van der Waals surface area (Å²) >= 11 is 0. The summed E-state index contributed by atoms with van der Waals surface area (Å²) in [5.74, 6) is -0.373. The van der Waals surface area contributed by atoms with E-state index < -0.39 is 0 Å². The molecule has 116 valence electrons. The van der Waals surface area contributed by atoms with Crippen LogP contribution in [-0.4, -0.2) is 26.5 Å². The lowest BCUT2D eigenvalue weighted by molar-refractivity contribution is -0.115. The van der Waals surface area contributed by atoms with Crippen molar-refractivity contribution < 1.29 is 9.18 Å². The van der Waals surface area contributed by atoms with Gasteiger partial charge in [0.25, 0.3) is 0 Å². The van der Waals surface area contributed by atoms with Crippen LogP contribution in [0.4, 0.5) is 15.8 Å². The molecule has 0 radical (unpaired) electrons. The van der Waals surface area contributed by atoms with Crippen LogP contribution >= 0.6 is 0 Å². The third-order valence-corrected chi connectivity index (χ3v) is 3.20. The molecule has 1 amide bonds. The van der Waals surface area contributed by atoms with E-state index >= 15 is 0 Å². The van der Waals surface area contributed by atoms with Crippen molar-refractivity contribution in [2.24, 2.45) is 0 Å². The lowest BCUT2D eigenvalue weighted by Crippen LogP contribution is -2.27. The molecule has 2 aromatic carbocycles. The number of anilines is 2. The van der Waals surface area contributed by atoms with E-state index in [9.17, 15) is 9.18 Å². The smallest absolute Gasteiger partial charge is 0.238 e. The fourth-order valence-electron chi connectivity index (χ4n) is 1.97. The molecule has 0 spiro atoms. The first-order valence-electron chi connectivity index (χ1n) is 7.07. The van der Waals surface area contributed by atoms with Gasteiger partial charge in [0.05, 0.1) is 6.54 Å². The van der Waals surface area contributed by atoms with Gasteiger partial charge in [0.2, 0.25) is 5.91 Å². The molecule has 0 aromatic heterocycles. The van der Waals surface area contributed by atoms with Crippen molar-refractivity contribution in [2.45, 2.75) is 6.54 Å². The minimum Gasteiger partial charge on any atom is -0.378 e. The molecular weight excluding hydrogens is 281 g/mol. The minimum absolute atomic E-state index is 0.111. The monoisotopic (exact) mass is 301 g/mol. The lowest BCUT2D eigenvalue weighted by Gasteiger charge is -2.13. The molecule has 0 unspecified atom stereocenters. The van der Waals surface area contributed by atoms with E-state index in [0.29, 0.717) is 6.54 Å². The van der Waals surface area contributed by atoms with Gasteiger partial charge in [0.15, 0.2) is 0 Å². The Hall–Kier alpha value is -2.40. The van der Waals surface area contributed by atoms with E-state index in [1.165, 1.54) is 12.1 Å². The van der Waals surface area contributed by atoms with Gasteiger partial charge >= 0.3 is 0 Å². The molecule has 2 N–H and O–H groups in total. The fraction of sp³-hybridized carbons (Fsp3) is 0.235. The van der Waals surface area contributed by atoms with Crippen molar-refractivity contribution in [1.82, 2.24) is 5.32 Å². The highest BCUT2D eigenvalue weighted by Crippen LogP contribution is 2.15. The summed E-state index contributed by atoms with van der Waals surface area (Å²) in [7, 11) is 3.93. The molecule has 0 aliphatic heterocycles. The standard InChI is InChI=1S/C17H20FN3O/c1-21(2)16-9-7-15(8-10-16)20-17(22)12-19-11-13-3-5-14(18)6-4-13/h3-10,19H,11-12H2,1-2H3,(H,20,22). The summed E-state index contributed by atoms with van der Waals surface area (Å²) in [4.78, 5) is 13.8. The highest BCUT2D eigenvalue weighted by Gasteiger charge is 2.03. The summed E-state index contributed by atoms with van der Waals surface area (Å²) in [6.45, 7) is 0.722. The SMILES string of the molecule is CN(C)c1ccc(NC(=O)CNCc2ccc(F)cc2)cc1. The molecule has 0 saturated carbocycles. The predicted octanol–water partition coefficient (Wildman–Crippen LogP) is 2.62. The summed E-state index contributed by atoms with van der Waals surface area (Å²) in [5.41, 5.74) is 2.77. The second-order valence-corrected chi connectivity index (χ2v) is 5.22. The number of nitrogens with one attached hydrogen (secondary N) is 2. The molecule has 0 bridgehead atoms. The van der Waals surface area contributed by atoms with Gasteiger partial charge in [0, 0.05) is 32.0 Å². The Morgan fingerprint density at radius 2 is 1.68 bits per heavy atom. The molecular formula is C17H20FN3O. The van der Waals surface area contributed by atoms with Crippen LogP contribution in [0.3, 0.4) is 0 Å². The van der Waals surface area contributed by atoms with Gasteiger partial charge in [-0.1, -0.05) is 12.1 Å². The van der Waals surface area contributed by atoms with Crippen LogP contribution in [0, 0.1) is 5.82 Å². The topological polar surface area (TPSA) is 44.4 Å². The molecule has 0 aliphatic carbocycles. The zero-order valence-corrected chi connectivity index (χ0v) is 12.8. The van der Waals surface area contributed by atoms with Crippen LogP contribution in [0.1, 0.15) is 5.56 Å². The number of nitrogens with zero attached hydrogens (tertiary/aromatic N) is 1. The average molecular weight is 301 g/mol. The third-order valence-electron chi connectivity index (χ3n) is 3.20.